The van der Waals surface area contributed by atoms with E-state index >= 15 is 0 Å². The molecule has 102 valence electrons. The predicted octanol–water partition coefficient (Wildman–Crippen LogP) is 1.74. The van der Waals surface area contributed by atoms with Crippen molar-refractivity contribution in [2.45, 2.75) is 39.2 Å². The molecule has 0 N–H and O–H groups in total. The van der Waals surface area contributed by atoms with Crippen LogP contribution in [-0.4, -0.2) is 73.6 Å². The number of likely N-dealkylation sites (tertiary alicyclic amines) is 1. The normalized spacial score (nSPS) is 27.4. The quantitative estimate of drug-likeness (QED) is 0.692. The van der Waals surface area contributed by atoms with Gasteiger partial charge in [-0.1, -0.05) is 13.8 Å². The van der Waals surface area contributed by atoms with Gasteiger partial charge in [-0.2, -0.15) is 0 Å². The van der Waals surface area contributed by atoms with Gasteiger partial charge >= 0.3 is 0 Å². The first kappa shape index (κ1) is 14.9. The van der Waals surface area contributed by atoms with Gasteiger partial charge in [-0.05, 0) is 47.0 Å². The summed E-state index contributed by atoms with van der Waals surface area (Å²) in [7, 11) is 4.47. The minimum Gasteiger partial charge on any atom is -0.306 e. The summed E-state index contributed by atoms with van der Waals surface area (Å²) in [6.45, 7) is 14.0. The van der Waals surface area contributed by atoms with Crippen molar-refractivity contribution in [1.82, 2.24) is 14.7 Å². The number of piperidine rings is 1. The van der Waals surface area contributed by atoms with Gasteiger partial charge in [0.15, 0.2) is 0 Å². The average molecular weight is 241 g/mol. The van der Waals surface area contributed by atoms with E-state index in [4.69, 9.17) is 0 Å². The Kier molecular flexibility index (Phi) is 5.90. The van der Waals surface area contributed by atoms with E-state index < -0.39 is 0 Å². The molecular weight excluding hydrogens is 210 g/mol. The highest BCUT2D eigenvalue weighted by atomic mass is 15.3. The molecule has 3 heteroatoms. The Bertz CT molecular complexity index is 202. The maximum absolute atomic E-state index is 2.72. The summed E-state index contributed by atoms with van der Waals surface area (Å²) in [5, 5.41) is 0. The Morgan fingerprint density at radius 3 is 1.59 bits per heavy atom. The summed E-state index contributed by atoms with van der Waals surface area (Å²) in [4.78, 5) is 7.62. The SMILES string of the molecule is CC.CN1CCN(C2(C)CCN(C)CC2)CC1. The third-order valence-electron chi connectivity index (χ3n) is 4.33. The first-order chi connectivity index (χ1) is 8.10. The van der Waals surface area contributed by atoms with Gasteiger partial charge in [0.1, 0.15) is 0 Å². The van der Waals surface area contributed by atoms with Crippen LogP contribution >= 0.6 is 0 Å². The molecule has 17 heavy (non-hydrogen) atoms. The van der Waals surface area contributed by atoms with Gasteiger partial charge in [0.2, 0.25) is 0 Å². The number of hydrogen-bond acceptors (Lipinski definition) is 3. The number of hydrogen-bond donors (Lipinski definition) is 0. The highest BCUT2D eigenvalue weighted by molar-refractivity contribution is 4.92. The Labute approximate surface area is 108 Å². The van der Waals surface area contributed by atoms with Crippen molar-refractivity contribution in [1.29, 1.82) is 0 Å². The summed E-state index contributed by atoms with van der Waals surface area (Å²) in [6, 6.07) is 0. The van der Waals surface area contributed by atoms with E-state index in [1.807, 2.05) is 13.8 Å². The summed E-state index contributed by atoms with van der Waals surface area (Å²) < 4.78 is 0. The third-order valence-corrected chi connectivity index (χ3v) is 4.33. The van der Waals surface area contributed by atoms with E-state index in [-0.39, 0.29) is 0 Å². The van der Waals surface area contributed by atoms with Crippen LogP contribution in [0.2, 0.25) is 0 Å². The van der Waals surface area contributed by atoms with Crippen molar-refractivity contribution in [3.8, 4) is 0 Å². The van der Waals surface area contributed by atoms with Crippen LogP contribution in [0.15, 0.2) is 0 Å². The van der Waals surface area contributed by atoms with E-state index in [1.165, 1.54) is 52.1 Å². The molecule has 2 aliphatic heterocycles. The molecule has 3 nitrogen and oxygen atoms in total. The van der Waals surface area contributed by atoms with E-state index in [0.717, 1.165) is 0 Å². The molecule has 0 saturated carbocycles. The van der Waals surface area contributed by atoms with Crippen molar-refractivity contribution in [2.75, 3.05) is 53.4 Å². The van der Waals surface area contributed by atoms with E-state index in [2.05, 4.69) is 35.7 Å². The Hall–Kier alpha value is -0.120. The minimum absolute atomic E-state index is 0.480. The van der Waals surface area contributed by atoms with Crippen molar-refractivity contribution in [3.05, 3.63) is 0 Å². The van der Waals surface area contributed by atoms with Gasteiger partial charge in [0.25, 0.3) is 0 Å². The number of rotatable bonds is 1. The van der Waals surface area contributed by atoms with Crippen molar-refractivity contribution < 1.29 is 0 Å². The van der Waals surface area contributed by atoms with E-state index in [9.17, 15) is 0 Å². The molecule has 2 saturated heterocycles. The van der Waals surface area contributed by atoms with Gasteiger partial charge in [-0.25, -0.2) is 0 Å². The van der Waals surface area contributed by atoms with Crippen LogP contribution in [0.25, 0.3) is 0 Å². The standard InChI is InChI=1S/C12H25N3.C2H6/c1-12(4-6-13(2)7-5-12)15-10-8-14(3)9-11-15;1-2/h4-11H2,1-3H3;1-2H3. The molecule has 0 bridgehead atoms. The first-order valence-electron chi connectivity index (χ1n) is 7.22. The lowest BCUT2D eigenvalue weighted by atomic mass is 9.87. The van der Waals surface area contributed by atoms with Gasteiger partial charge in [0.05, 0.1) is 0 Å². The van der Waals surface area contributed by atoms with Crippen LogP contribution in [0.3, 0.4) is 0 Å². The molecular formula is C14H31N3. The lowest BCUT2D eigenvalue weighted by Crippen LogP contribution is -2.58. The van der Waals surface area contributed by atoms with Crippen LogP contribution < -0.4 is 0 Å². The largest absolute Gasteiger partial charge is 0.306 e. The summed E-state index contributed by atoms with van der Waals surface area (Å²) in [5.41, 5.74) is 0.480. The van der Waals surface area contributed by atoms with Crippen LogP contribution in [0, 0.1) is 0 Å². The molecule has 2 fully saturated rings. The van der Waals surface area contributed by atoms with Crippen LogP contribution in [0.4, 0.5) is 0 Å². The molecule has 0 spiro atoms. The Morgan fingerprint density at radius 1 is 0.706 bits per heavy atom. The number of nitrogens with zero attached hydrogens (tertiary/aromatic N) is 3. The zero-order valence-corrected chi connectivity index (χ0v) is 12.5. The zero-order valence-electron chi connectivity index (χ0n) is 12.5. The van der Waals surface area contributed by atoms with Crippen molar-refractivity contribution in [3.63, 3.8) is 0 Å². The van der Waals surface area contributed by atoms with E-state index in [1.54, 1.807) is 0 Å². The monoisotopic (exact) mass is 241 g/mol. The second-order valence-corrected chi connectivity index (χ2v) is 5.59. The first-order valence-corrected chi connectivity index (χ1v) is 7.22. The molecule has 0 radical (unpaired) electrons. The Balaban J connectivity index is 0.000000686. The topological polar surface area (TPSA) is 9.72 Å². The molecule has 0 unspecified atom stereocenters. The van der Waals surface area contributed by atoms with Crippen molar-refractivity contribution >= 4 is 0 Å². The van der Waals surface area contributed by atoms with Crippen LogP contribution in [0.1, 0.15) is 33.6 Å². The van der Waals surface area contributed by atoms with Gasteiger partial charge < -0.3 is 9.80 Å². The maximum Gasteiger partial charge on any atom is 0.0206 e. The molecule has 2 rings (SSSR count). The molecule has 0 atom stereocenters. The fraction of sp³-hybridized carbons (Fsp3) is 1.00. The van der Waals surface area contributed by atoms with E-state index in [0.29, 0.717) is 5.54 Å². The predicted molar refractivity (Wildman–Crippen MR) is 75.6 cm³/mol. The molecule has 2 heterocycles. The number of likely N-dealkylation sites (N-methyl/N-ethyl adjacent to an activating group) is 1. The molecule has 2 aliphatic rings. The van der Waals surface area contributed by atoms with Crippen LogP contribution in [0.5, 0.6) is 0 Å². The second-order valence-electron chi connectivity index (χ2n) is 5.59. The zero-order chi connectivity index (χ0) is 12.9. The highest BCUT2D eigenvalue weighted by Crippen LogP contribution is 2.28. The average Bonchev–Trinajstić information content (AvgIpc) is 2.36. The molecule has 0 aromatic rings. The summed E-state index contributed by atoms with van der Waals surface area (Å²) in [6.07, 6.45) is 2.68. The molecule has 0 aromatic heterocycles. The smallest absolute Gasteiger partial charge is 0.0206 e. The Morgan fingerprint density at radius 2 is 1.12 bits per heavy atom. The fourth-order valence-electron chi connectivity index (χ4n) is 2.76. The number of piperazine rings is 1. The third kappa shape index (κ3) is 3.94. The van der Waals surface area contributed by atoms with Gasteiger partial charge in [0, 0.05) is 31.7 Å². The minimum atomic E-state index is 0.480. The van der Waals surface area contributed by atoms with Crippen LogP contribution in [-0.2, 0) is 0 Å². The van der Waals surface area contributed by atoms with Crippen molar-refractivity contribution in [2.24, 2.45) is 0 Å². The lowest BCUT2D eigenvalue weighted by molar-refractivity contribution is 0.0103. The lowest BCUT2D eigenvalue weighted by Gasteiger charge is -2.49. The molecule has 0 amide bonds. The summed E-state index contributed by atoms with van der Waals surface area (Å²) >= 11 is 0. The molecule has 0 aromatic carbocycles. The molecule has 0 aliphatic carbocycles. The highest BCUT2D eigenvalue weighted by Gasteiger charge is 2.35. The maximum atomic E-state index is 2.72. The fourth-order valence-corrected chi connectivity index (χ4v) is 2.76. The van der Waals surface area contributed by atoms with Gasteiger partial charge in [-0.3, -0.25) is 4.90 Å². The summed E-state index contributed by atoms with van der Waals surface area (Å²) in [5.74, 6) is 0. The van der Waals surface area contributed by atoms with Gasteiger partial charge in [-0.15, -0.1) is 0 Å². The second kappa shape index (κ2) is 6.72.